The van der Waals surface area contributed by atoms with Gasteiger partial charge >= 0.3 is 6.03 Å². The van der Waals surface area contributed by atoms with Gasteiger partial charge < -0.3 is 16.4 Å². The minimum Gasteiger partial charge on any atom is -0.338 e. The summed E-state index contributed by atoms with van der Waals surface area (Å²) in [6.45, 7) is 4.74. The molecule has 0 heterocycles. The van der Waals surface area contributed by atoms with Gasteiger partial charge in [-0.15, -0.1) is 0 Å². The van der Waals surface area contributed by atoms with Gasteiger partial charge in [-0.3, -0.25) is 0 Å². The lowest BCUT2D eigenvalue weighted by atomic mass is 9.92. The molecule has 1 aromatic rings. The van der Waals surface area contributed by atoms with E-state index in [0.717, 1.165) is 5.56 Å². The summed E-state index contributed by atoms with van der Waals surface area (Å²) in [7, 11) is 0. The van der Waals surface area contributed by atoms with Gasteiger partial charge in [0.2, 0.25) is 0 Å². The largest absolute Gasteiger partial charge is 0.338 e. The molecule has 1 unspecified atom stereocenters. The van der Waals surface area contributed by atoms with Crippen molar-refractivity contribution in [2.45, 2.75) is 19.4 Å². The number of hydrogen-bond acceptors (Lipinski definition) is 2. The fourth-order valence-corrected chi connectivity index (χ4v) is 1.50. The van der Waals surface area contributed by atoms with Crippen molar-refractivity contribution >= 4 is 6.03 Å². The topological polar surface area (TPSA) is 67.2 Å². The lowest BCUT2D eigenvalue weighted by Crippen LogP contribution is -2.52. The van der Waals surface area contributed by atoms with E-state index in [4.69, 9.17) is 5.73 Å². The van der Waals surface area contributed by atoms with E-state index in [2.05, 4.69) is 10.6 Å². The average Bonchev–Trinajstić information content (AvgIpc) is 2.30. The van der Waals surface area contributed by atoms with Crippen LogP contribution in [0.2, 0.25) is 0 Å². The van der Waals surface area contributed by atoms with E-state index in [-0.39, 0.29) is 6.03 Å². The second kappa shape index (κ2) is 5.51. The maximum atomic E-state index is 11.5. The SMILES string of the molecule is CCNC(=O)NC(C)(CN)c1ccccc1. The van der Waals surface area contributed by atoms with Crippen molar-refractivity contribution in [3.05, 3.63) is 35.9 Å². The van der Waals surface area contributed by atoms with Gasteiger partial charge in [0.05, 0.1) is 5.54 Å². The van der Waals surface area contributed by atoms with Gasteiger partial charge in [0.25, 0.3) is 0 Å². The van der Waals surface area contributed by atoms with Crippen LogP contribution in [0.5, 0.6) is 0 Å². The maximum Gasteiger partial charge on any atom is 0.315 e. The predicted octanol–water partition coefficient (Wildman–Crippen LogP) is 1.18. The Kier molecular flexibility index (Phi) is 4.31. The zero-order valence-corrected chi connectivity index (χ0v) is 9.79. The van der Waals surface area contributed by atoms with Crippen LogP contribution in [0.15, 0.2) is 30.3 Å². The summed E-state index contributed by atoms with van der Waals surface area (Å²) in [6, 6.07) is 9.52. The summed E-state index contributed by atoms with van der Waals surface area (Å²) in [4.78, 5) is 11.5. The molecular weight excluding hydrogens is 202 g/mol. The molecule has 0 aliphatic heterocycles. The number of carbonyl (C=O) groups is 1. The van der Waals surface area contributed by atoms with Crippen LogP contribution in [0.4, 0.5) is 4.79 Å². The Bertz CT molecular complexity index is 339. The fraction of sp³-hybridized carbons (Fsp3) is 0.417. The minimum atomic E-state index is -0.527. The average molecular weight is 221 g/mol. The van der Waals surface area contributed by atoms with Gasteiger partial charge in [-0.05, 0) is 19.4 Å². The summed E-state index contributed by atoms with van der Waals surface area (Å²) in [6.07, 6.45) is 0. The number of nitrogens with two attached hydrogens (primary N) is 1. The number of hydrogen-bond donors (Lipinski definition) is 3. The van der Waals surface area contributed by atoms with E-state index in [0.29, 0.717) is 13.1 Å². The summed E-state index contributed by atoms with van der Waals surface area (Å²) in [5.74, 6) is 0. The number of amides is 2. The molecular formula is C12H19N3O. The van der Waals surface area contributed by atoms with E-state index >= 15 is 0 Å². The maximum absolute atomic E-state index is 11.5. The third kappa shape index (κ3) is 2.97. The second-order valence-electron chi connectivity index (χ2n) is 3.89. The molecule has 4 N–H and O–H groups in total. The molecule has 16 heavy (non-hydrogen) atoms. The van der Waals surface area contributed by atoms with E-state index in [9.17, 15) is 4.79 Å². The number of benzene rings is 1. The highest BCUT2D eigenvalue weighted by atomic mass is 16.2. The molecule has 0 radical (unpaired) electrons. The molecule has 1 rings (SSSR count). The van der Waals surface area contributed by atoms with Crippen molar-refractivity contribution in [1.29, 1.82) is 0 Å². The van der Waals surface area contributed by atoms with Crippen LogP contribution in [-0.2, 0) is 5.54 Å². The first-order chi connectivity index (χ1) is 7.62. The summed E-state index contributed by atoms with van der Waals surface area (Å²) in [5.41, 5.74) is 6.22. The van der Waals surface area contributed by atoms with Crippen molar-refractivity contribution < 1.29 is 4.79 Å². The normalized spacial score (nSPS) is 13.9. The summed E-state index contributed by atoms with van der Waals surface area (Å²) < 4.78 is 0. The first kappa shape index (κ1) is 12.5. The van der Waals surface area contributed by atoms with Crippen LogP contribution >= 0.6 is 0 Å². The van der Waals surface area contributed by atoms with E-state index in [1.54, 1.807) is 0 Å². The molecule has 0 bridgehead atoms. The molecule has 0 aliphatic rings. The molecule has 0 saturated carbocycles. The quantitative estimate of drug-likeness (QED) is 0.714. The molecule has 4 heteroatoms. The standard InChI is InChI=1S/C12H19N3O/c1-3-14-11(16)15-12(2,9-13)10-7-5-4-6-8-10/h4-8H,3,9,13H2,1-2H3,(H2,14,15,16). The Morgan fingerprint density at radius 3 is 2.50 bits per heavy atom. The van der Waals surface area contributed by atoms with Gasteiger partial charge in [0.15, 0.2) is 0 Å². The van der Waals surface area contributed by atoms with Crippen molar-refractivity contribution in [1.82, 2.24) is 10.6 Å². The Labute approximate surface area is 96.2 Å². The highest BCUT2D eigenvalue weighted by molar-refractivity contribution is 5.75. The number of urea groups is 1. The highest BCUT2D eigenvalue weighted by Crippen LogP contribution is 2.18. The second-order valence-corrected chi connectivity index (χ2v) is 3.89. The lowest BCUT2D eigenvalue weighted by molar-refractivity contribution is 0.228. The van der Waals surface area contributed by atoms with Crippen molar-refractivity contribution in [2.24, 2.45) is 5.73 Å². The molecule has 88 valence electrons. The molecule has 2 amide bonds. The van der Waals surface area contributed by atoms with Crippen LogP contribution < -0.4 is 16.4 Å². The molecule has 0 aromatic heterocycles. The smallest absolute Gasteiger partial charge is 0.315 e. The van der Waals surface area contributed by atoms with E-state index in [1.165, 1.54) is 0 Å². The lowest BCUT2D eigenvalue weighted by Gasteiger charge is -2.29. The van der Waals surface area contributed by atoms with Crippen LogP contribution in [0.1, 0.15) is 19.4 Å². The van der Waals surface area contributed by atoms with Crippen LogP contribution in [0.25, 0.3) is 0 Å². The van der Waals surface area contributed by atoms with Gasteiger partial charge in [0.1, 0.15) is 0 Å². The van der Waals surface area contributed by atoms with Crippen LogP contribution in [0.3, 0.4) is 0 Å². The van der Waals surface area contributed by atoms with E-state index in [1.807, 2.05) is 44.2 Å². The molecule has 0 fully saturated rings. The molecule has 0 saturated heterocycles. The Hall–Kier alpha value is -1.55. The Balaban J connectivity index is 2.82. The van der Waals surface area contributed by atoms with Crippen LogP contribution in [0, 0.1) is 0 Å². The third-order valence-electron chi connectivity index (χ3n) is 2.55. The predicted molar refractivity (Wildman–Crippen MR) is 65.1 cm³/mol. The van der Waals surface area contributed by atoms with E-state index < -0.39 is 5.54 Å². The monoisotopic (exact) mass is 221 g/mol. The molecule has 1 aromatic carbocycles. The minimum absolute atomic E-state index is 0.195. The molecule has 4 nitrogen and oxygen atoms in total. The summed E-state index contributed by atoms with van der Waals surface area (Å²) in [5, 5.41) is 5.58. The third-order valence-corrected chi connectivity index (χ3v) is 2.55. The van der Waals surface area contributed by atoms with Gasteiger partial charge in [0, 0.05) is 13.1 Å². The molecule has 0 aliphatic carbocycles. The first-order valence-corrected chi connectivity index (χ1v) is 5.44. The zero-order valence-electron chi connectivity index (χ0n) is 9.79. The van der Waals surface area contributed by atoms with Gasteiger partial charge in [-0.25, -0.2) is 4.79 Å². The van der Waals surface area contributed by atoms with Crippen molar-refractivity contribution in [3.8, 4) is 0 Å². The summed E-state index contributed by atoms with van der Waals surface area (Å²) >= 11 is 0. The fourth-order valence-electron chi connectivity index (χ4n) is 1.50. The highest BCUT2D eigenvalue weighted by Gasteiger charge is 2.26. The number of rotatable bonds is 4. The van der Waals surface area contributed by atoms with Crippen LogP contribution in [-0.4, -0.2) is 19.1 Å². The number of carbonyl (C=O) groups excluding carboxylic acids is 1. The van der Waals surface area contributed by atoms with Crippen molar-refractivity contribution in [3.63, 3.8) is 0 Å². The first-order valence-electron chi connectivity index (χ1n) is 5.44. The molecule has 0 spiro atoms. The van der Waals surface area contributed by atoms with Crippen molar-refractivity contribution in [2.75, 3.05) is 13.1 Å². The zero-order chi connectivity index (χ0) is 12.0. The van der Waals surface area contributed by atoms with Gasteiger partial charge in [-0.2, -0.15) is 0 Å². The Morgan fingerprint density at radius 2 is 2.00 bits per heavy atom. The number of nitrogens with one attached hydrogen (secondary N) is 2. The van der Waals surface area contributed by atoms with Gasteiger partial charge in [-0.1, -0.05) is 30.3 Å². The Morgan fingerprint density at radius 1 is 1.38 bits per heavy atom. The molecule has 1 atom stereocenters.